The molecule has 148 valence electrons. The van der Waals surface area contributed by atoms with E-state index >= 15 is 0 Å². The number of hydrazone groups is 1. The zero-order valence-corrected chi connectivity index (χ0v) is 16.2. The van der Waals surface area contributed by atoms with Crippen molar-refractivity contribution in [2.75, 3.05) is 12.5 Å². The Morgan fingerprint density at radius 2 is 2.10 bits per heavy atom. The van der Waals surface area contributed by atoms with Crippen LogP contribution in [0.2, 0.25) is 5.02 Å². The van der Waals surface area contributed by atoms with Crippen molar-refractivity contribution >= 4 is 29.3 Å². The molecule has 0 aliphatic heterocycles. The van der Waals surface area contributed by atoms with Gasteiger partial charge in [0, 0.05) is 22.8 Å². The largest absolute Gasteiger partial charge is 0.493 e. The number of hydrogen-bond acceptors (Lipinski definition) is 7. The lowest BCUT2D eigenvalue weighted by atomic mass is 10.1. The highest BCUT2D eigenvalue weighted by Crippen LogP contribution is 2.38. The van der Waals surface area contributed by atoms with E-state index < -0.39 is 4.92 Å². The highest BCUT2D eigenvalue weighted by molar-refractivity contribution is 6.30. The van der Waals surface area contributed by atoms with Gasteiger partial charge in [0.25, 0.3) is 0 Å². The summed E-state index contributed by atoms with van der Waals surface area (Å²) in [6.07, 6.45) is 3.06. The van der Waals surface area contributed by atoms with Crippen LogP contribution in [0.3, 0.4) is 0 Å². The molecule has 1 N–H and O–H groups in total. The molecule has 0 spiro atoms. The van der Waals surface area contributed by atoms with Crippen LogP contribution in [0.5, 0.6) is 11.5 Å². The lowest BCUT2D eigenvalue weighted by Crippen LogP contribution is -2.03. The predicted octanol–water partition coefficient (Wildman–Crippen LogP) is 4.68. The summed E-state index contributed by atoms with van der Waals surface area (Å²) in [5, 5.41) is 16.2. The number of nitrogens with one attached hydrogen (secondary N) is 1. The summed E-state index contributed by atoms with van der Waals surface area (Å²) in [5.74, 6) is 0.805. The van der Waals surface area contributed by atoms with Gasteiger partial charge in [-0.3, -0.25) is 15.5 Å². The Morgan fingerprint density at radius 1 is 1.24 bits per heavy atom. The second kappa shape index (κ2) is 9.52. The van der Waals surface area contributed by atoms with Gasteiger partial charge in [-0.15, -0.1) is 0 Å². The van der Waals surface area contributed by atoms with Crippen LogP contribution in [-0.4, -0.2) is 23.2 Å². The average Bonchev–Trinajstić information content (AvgIpc) is 2.73. The summed E-state index contributed by atoms with van der Waals surface area (Å²) in [6, 6.07) is 15.4. The predicted molar refractivity (Wildman–Crippen MR) is 111 cm³/mol. The number of halogens is 1. The summed E-state index contributed by atoms with van der Waals surface area (Å²) >= 11 is 5.97. The first-order valence-electron chi connectivity index (χ1n) is 8.50. The molecule has 29 heavy (non-hydrogen) atoms. The number of nitro groups is 1. The van der Waals surface area contributed by atoms with Crippen molar-refractivity contribution in [3.05, 3.63) is 87.1 Å². The maximum Gasteiger partial charge on any atom is 0.315 e. The number of nitrogens with zero attached hydrogens (tertiary/aromatic N) is 3. The first-order chi connectivity index (χ1) is 14.1. The van der Waals surface area contributed by atoms with Crippen LogP contribution in [0.1, 0.15) is 11.1 Å². The quantitative estimate of drug-likeness (QED) is 0.327. The lowest BCUT2D eigenvalue weighted by molar-refractivity contribution is -0.386. The van der Waals surface area contributed by atoms with Crippen LogP contribution in [0.15, 0.2) is 65.9 Å². The van der Waals surface area contributed by atoms with Gasteiger partial charge in [-0.2, -0.15) is 5.10 Å². The fourth-order valence-electron chi connectivity index (χ4n) is 2.50. The Bertz CT molecular complexity index is 1030. The van der Waals surface area contributed by atoms with Crippen LogP contribution in [-0.2, 0) is 6.61 Å². The van der Waals surface area contributed by atoms with Crippen molar-refractivity contribution in [3.63, 3.8) is 0 Å². The van der Waals surface area contributed by atoms with Crippen LogP contribution in [0, 0.1) is 10.1 Å². The van der Waals surface area contributed by atoms with Crippen molar-refractivity contribution in [2.45, 2.75) is 6.61 Å². The Hall–Kier alpha value is -3.65. The number of benzene rings is 2. The van der Waals surface area contributed by atoms with Gasteiger partial charge in [0.05, 0.1) is 18.2 Å². The van der Waals surface area contributed by atoms with Crippen molar-refractivity contribution in [1.82, 2.24) is 4.98 Å². The van der Waals surface area contributed by atoms with Gasteiger partial charge in [-0.25, -0.2) is 4.98 Å². The monoisotopic (exact) mass is 412 g/mol. The fraction of sp³-hybridized carbons (Fsp3) is 0.100. The highest BCUT2D eigenvalue weighted by Gasteiger charge is 2.22. The van der Waals surface area contributed by atoms with E-state index in [1.165, 1.54) is 19.4 Å². The molecule has 0 atom stereocenters. The van der Waals surface area contributed by atoms with E-state index in [9.17, 15) is 10.1 Å². The number of rotatable bonds is 8. The van der Waals surface area contributed by atoms with Gasteiger partial charge in [0.15, 0.2) is 5.75 Å². The van der Waals surface area contributed by atoms with Gasteiger partial charge >= 0.3 is 5.69 Å². The Labute approximate surface area is 171 Å². The molecule has 0 saturated carbocycles. The molecular weight excluding hydrogens is 396 g/mol. The van der Waals surface area contributed by atoms with Crippen molar-refractivity contribution in [3.8, 4) is 11.5 Å². The maximum absolute atomic E-state index is 11.6. The van der Waals surface area contributed by atoms with Crippen LogP contribution in [0.25, 0.3) is 0 Å². The molecule has 1 aromatic heterocycles. The van der Waals surface area contributed by atoms with E-state index in [1.807, 2.05) is 12.1 Å². The van der Waals surface area contributed by atoms with E-state index in [2.05, 4.69) is 15.5 Å². The molecule has 9 heteroatoms. The zero-order valence-electron chi connectivity index (χ0n) is 15.4. The van der Waals surface area contributed by atoms with Gasteiger partial charge in [-0.05, 0) is 35.9 Å². The molecule has 0 saturated heterocycles. The summed E-state index contributed by atoms with van der Waals surface area (Å²) in [7, 11) is 1.42. The third-order valence-electron chi connectivity index (χ3n) is 3.80. The standard InChI is InChI=1S/C20H17ClN4O4/c1-28-18-11-15(12-23-24-19-7-2-3-8-22-19)10-17(25(26)27)20(18)29-13-14-5-4-6-16(21)9-14/h2-12H,13H2,1H3,(H,22,24). The van der Waals surface area contributed by atoms with E-state index in [1.54, 1.807) is 42.6 Å². The van der Waals surface area contributed by atoms with Crippen LogP contribution < -0.4 is 14.9 Å². The second-order valence-electron chi connectivity index (χ2n) is 5.83. The summed E-state index contributed by atoms with van der Waals surface area (Å²) in [6.45, 7) is 0.104. The maximum atomic E-state index is 11.6. The molecular formula is C20H17ClN4O4. The molecule has 0 amide bonds. The molecule has 3 rings (SSSR count). The molecule has 0 radical (unpaired) electrons. The molecule has 0 unspecified atom stereocenters. The SMILES string of the molecule is COc1cc(C=NNc2ccccn2)cc([N+](=O)[O-])c1OCc1cccc(Cl)c1. The number of aromatic nitrogens is 1. The topological polar surface area (TPSA) is 98.9 Å². The van der Waals surface area contributed by atoms with Gasteiger partial charge in [0.2, 0.25) is 5.75 Å². The highest BCUT2D eigenvalue weighted by atomic mass is 35.5. The third kappa shape index (κ3) is 5.43. The lowest BCUT2D eigenvalue weighted by Gasteiger charge is -2.12. The molecule has 8 nitrogen and oxygen atoms in total. The molecule has 0 aliphatic rings. The van der Waals surface area contributed by atoms with Crippen molar-refractivity contribution < 1.29 is 14.4 Å². The number of hydrogen-bond donors (Lipinski definition) is 1. The van der Waals surface area contributed by atoms with Gasteiger partial charge in [0.1, 0.15) is 12.4 Å². The van der Waals surface area contributed by atoms with Gasteiger partial charge < -0.3 is 9.47 Å². The molecule has 1 heterocycles. The number of methoxy groups -OCH3 is 1. The number of anilines is 1. The van der Waals surface area contributed by atoms with Crippen LogP contribution >= 0.6 is 11.6 Å². The Kier molecular flexibility index (Phi) is 6.59. The smallest absolute Gasteiger partial charge is 0.315 e. The van der Waals surface area contributed by atoms with E-state index in [0.29, 0.717) is 16.4 Å². The minimum absolute atomic E-state index is 0.0345. The minimum Gasteiger partial charge on any atom is -0.493 e. The zero-order chi connectivity index (χ0) is 20.6. The molecule has 0 fully saturated rings. The van der Waals surface area contributed by atoms with E-state index in [-0.39, 0.29) is 23.8 Å². The summed E-state index contributed by atoms with van der Waals surface area (Å²) in [5.41, 5.74) is 3.76. The van der Waals surface area contributed by atoms with Crippen LogP contribution in [0.4, 0.5) is 11.5 Å². The fourth-order valence-corrected chi connectivity index (χ4v) is 2.71. The van der Waals surface area contributed by atoms with Gasteiger partial charge in [-0.1, -0.05) is 29.8 Å². The summed E-state index contributed by atoms with van der Waals surface area (Å²) < 4.78 is 11.0. The van der Waals surface area contributed by atoms with Crippen molar-refractivity contribution in [2.24, 2.45) is 5.10 Å². The first-order valence-corrected chi connectivity index (χ1v) is 8.88. The number of pyridine rings is 1. The van der Waals surface area contributed by atoms with E-state index in [0.717, 1.165) is 5.56 Å². The first kappa shape index (κ1) is 20.1. The number of nitro benzene ring substituents is 1. The molecule has 2 aromatic carbocycles. The minimum atomic E-state index is -0.528. The van der Waals surface area contributed by atoms with E-state index in [4.69, 9.17) is 21.1 Å². The Morgan fingerprint density at radius 3 is 2.79 bits per heavy atom. The molecule has 0 aliphatic carbocycles. The Balaban J connectivity index is 1.83. The normalized spacial score (nSPS) is 10.7. The third-order valence-corrected chi connectivity index (χ3v) is 4.04. The number of ether oxygens (including phenoxy) is 2. The molecule has 0 bridgehead atoms. The van der Waals surface area contributed by atoms with Crippen molar-refractivity contribution in [1.29, 1.82) is 0 Å². The second-order valence-corrected chi connectivity index (χ2v) is 6.27. The molecule has 3 aromatic rings. The summed E-state index contributed by atoms with van der Waals surface area (Å²) in [4.78, 5) is 15.1. The average molecular weight is 413 g/mol.